The van der Waals surface area contributed by atoms with Gasteiger partial charge in [0.25, 0.3) is 0 Å². The second kappa shape index (κ2) is 7.98. The predicted molar refractivity (Wildman–Crippen MR) is 107 cm³/mol. The van der Waals surface area contributed by atoms with Crippen LogP contribution >= 0.6 is 0 Å². The van der Waals surface area contributed by atoms with Gasteiger partial charge in [0.15, 0.2) is 0 Å². The second-order valence-corrected chi connectivity index (χ2v) is 7.32. The van der Waals surface area contributed by atoms with E-state index >= 15 is 0 Å². The molecular formula is C21H26N6O. The lowest BCUT2D eigenvalue weighted by atomic mass is 10.2. The summed E-state index contributed by atoms with van der Waals surface area (Å²) in [7, 11) is 0. The molecule has 0 spiro atoms. The highest BCUT2D eigenvalue weighted by Gasteiger charge is 2.19. The van der Waals surface area contributed by atoms with Crippen LogP contribution in [0.1, 0.15) is 35.9 Å². The van der Waals surface area contributed by atoms with Crippen LogP contribution < -0.4 is 5.32 Å². The number of nitrogens with zero attached hydrogens (tertiary/aromatic N) is 5. The van der Waals surface area contributed by atoms with Gasteiger partial charge in [-0.15, -0.1) is 0 Å². The zero-order chi connectivity index (χ0) is 19.5. The molecule has 1 amide bonds. The van der Waals surface area contributed by atoms with Crippen LogP contribution in [0.15, 0.2) is 42.7 Å². The molecule has 1 aliphatic heterocycles. The van der Waals surface area contributed by atoms with Gasteiger partial charge in [0.05, 0.1) is 36.4 Å². The molecular weight excluding hydrogens is 352 g/mol. The number of benzene rings is 1. The molecule has 0 atom stereocenters. The fourth-order valence-electron chi connectivity index (χ4n) is 3.53. The molecule has 7 heteroatoms. The topological polar surface area (TPSA) is 68.0 Å². The second-order valence-electron chi connectivity index (χ2n) is 7.32. The molecule has 3 heterocycles. The summed E-state index contributed by atoms with van der Waals surface area (Å²) >= 11 is 0. The van der Waals surface area contributed by atoms with Crippen LogP contribution in [0.3, 0.4) is 0 Å². The van der Waals surface area contributed by atoms with Gasteiger partial charge < -0.3 is 5.32 Å². The molecule has 0 radical (unpaired) electrons. The van der Waals surface area contributed by atoms with Gasteiger partial charge in [-0.25, -0.2) is 4.68 Å². The van der Waals surface area contributed by atoms with Crippen molar-refractivity contribution >= 4 is 5.91 Å². The van der Waals surface area contributed by atoms with Gasteiger partial charge in [0.2, 0.25) is 5.91 Å². The molecule has 4 rings (SSSR count). The Kier molecular flexibility index (Phi) is 5.25. The quantitative estimate of drug-likeness (QED) is 0.715. The highest BCUT2D eigenvalue weighted by molar-refractivity contribution is 5.75. The Morgan fingerprint density at radius 3 is 2.96 bits per heavy atom. The number of carbonyl (C=O) groups is 1. The molecule has 1 aromatic carbocycles. The first-order valence-corrected chi connectivity index (χ1v) is 9.76. The minimum atomic E-state index is 0.0539. The van der Waals surface area contributed by atoms with E-state index in [2.05, 4.69) is 68.5 Å². The van der Waals surface area contributed by atoms with Crippen molar-refractivity contribution < 1.29 is 4.79 Å². The van der Waals surface area contributed by atoms with Gasteiger partial charge in [-0.3, -0.25) is 14.4 Å². The summed E-state index contributed by atoms with van der Waals surface area (Å²) in [4.78, 5) is 13.9. The predicted octanol–water partition coefficient (Wildman–Crippen LogP) is 2.42. The fourth-order valence-corrected chi connectivity index (χ4v) is 3.53. The molecule has 1 N–H and O–H groups in total. The van der Waals surface area contributed by atoms with E-state index < -0.39 is 0 Å². The largest absolute Gasteiger partial charge is 0.350 e. The average molecular weight is 378 g/mol. The van der Waals surface area contributed by atoms with Crippen LogP contribution in [0.4, 0.5) is 0 Å². The molecule has 0 saturated heterocycles. The number of hydrogen-bond acceptors (Lipinski definition) is 4. The smallest absolute Gasteiger partial charge is 0.220 e. The van der Waals surface area contributed by atoms with E-state index in [1.807, 2.05) is 17.8 Å². The van der Waals surface area contributed by atoms with Crippen molar-refractivity contribution in [3.05, 3.63) is 65.2 Å². The van der Waals surface area contributed by atoms with Crippen molar-refractivity contribution in [3.63, 3.8) is 0 Å². The maximum absolute atomic E-state index is 11.4. The molecule has 28 heavy (non-hydrogen) atoms. The minimum Gasteiger partial charge on any atom is -0.350 e. The number of nitrogens with one attached hydrogen (secondary N) is 1. The number of aromatic nitrogens is 4. The Labute approximate surface area is 165 Å². The van der Waals surface area contributed by atoms with Gasteiger partial charge in [-0.1, -0.05) is 19.1 Å². The number of fused-ring (bicyclic) bond motifs is 1. The van der Waals surface area contributed by atoms with Crippen molar-refractivity contribution in [2.24, 2.45) is 0 Å². The highest BCUT2D eigenvalue weighted by Crippen LogP contribution is 2.17. The maximum atomic E-state index is 11.4. The summed E-state index contributed by atoms with van der Waals surface area (Å²) < 4.78 is 3.99. The Bertz CT molecular complexity index is 973. The molecule has 0 bridgehead atoms. The van der Waals surface area contributed by atoms with E-state index in [0.717, 1.165) is 37.6 Å². The number of rotatable bonds is 6. The summed E-state index contributed by atoms with van der Waals surface area (Å²) in [5.74, 6) is 0.0539. The normalized spacial score (nSPS) is 14.1. The molecule has 0 unspecified atom stereocenters. The van der Waals surface area contributed by atoms with Crippen LogP contribution in [0.2, 0.25) is 0 Å². The van der Waals surface area contributed by atoms with Crippen LogP contribution in [0, 0.1) is 6.92 Å². The van der Waals surface area contributed by atoms with Crippen molar-refractivity contribution in [2.75, 3.05) is 6.54 Å². The van der Waals surface area contributed by atoms with Crippen molar-refractivity contribution in [1.29, 1.82) is 0 Å². The molecule has 1 aliphatic rings. The number of carbonyl (C=O) groups excluding carboxylic acids is 1. The zero-order valence-electron chi connectivity index (χ0n) is 16.4. The third-order valence-corrected chi connectivity index (χ3v) is 5.02. The molecule has 0 aliphatic carbocycles. The first kappa shape index (κ1) is 18.4. The number of hydrogen-bond donors (Lipinski definition) is 1. The Morgan fingerprint density at radius 1 is 1.25 bits per heavy atom. The standard InChI is InChI=1S/C21H26N6O/c1-3-21(28)22-12-18-10-20-15-25(7-8-26(20)24-18)13-17-11-23-27(14-17)19-6-4-5-16(2)9-19/h4-6,9-11,14H,3,7-8,12-13,15H2,1-2H3,(H,22,28). The van der Waals surface area contributed by atoms with Crippen molar-refractivity contribution in [2.45, 2.75) is 46.4 Å². The van der Waals surface area contributed by atoms with Crippen LogP contribution in [-0.4, -0.2) is 36.9 Å². The summed E-state index contributed by atoms with van der Waals surface area (Å²) in [5, 5.41) is 12.0. The summed E-state index contributed by atoms with van der Waals surface area (Å²) in [6, 6.07) is 10.4. The molecule has 0 saturated carbocycles. The van der Waals surface area contributed by atoms with Gasteiger partial charge in [-0.2, -0.15) is 10.2 Å². The zero-order valence-corrected chi connectivity index (χ0v) is 16.4. The molecule has 7 nitrogen and oxygen atoms in total. The number of aryl methyl sites for hydroxylation is 1. The van der Waals surface area contributed by atoms with E-state index in [1.165, 1.54) is 16.8 Å². The molecule has 0 fully saturated rings. The Morgan fingerprint density at radius 2 is 2.14 bits per heavy atom. The van der Waals surface area contributed by atoms with Crippen molar-refractivity contribution in [1.82, 2.24) is 29.8 Å². The van der Waals surface area contributed by atoms with Crippen LogP contribution in [0.25, 0.3) is 5.69 Å². The highest BCUT2D eigenvalue weighted by atomic mass is 16.1. The lowest BCUT2D eigenvalue weighted by molar-refractivity contribution is -0.120. The Balaban J connectivity index is 1.39. The van der Waals surface area contributed by atoms with E-state index in [0.29, 0.717) is 13.0 Å². The number of amides is 1. The van der Waals surface area contributed by atoms with E-state index in [1.54, 1.807) is 0 Å². The molecule has 3 aromatic rings. The lowest BCUT2D eigenvalue weighted by Gasteiger charge is -2.26. The van der Waals surface area contributed by atoms with E-state index in [4.69, 9.17) is 0 Å². The van der Waals surface area contributed by atoms with Gasteiger partial charge in [0, 0.05) is 37.8 Å². The van der Waals surface area contributed by atoms with Crippen LogP contribution in [0.5, 0.6) is 0 Å². The van der Waals surface area contributed by atoms with E-state index in [9.17, 15) is 4.79 Å². The van der Waals surface area contributed by atoms with Gasteiger partial charge in [0.1, 0.15) is 0 Å². The first-order valence-electron chi connectivity index (χ1n) is 9.76. The third-order valence-electron chi connectivity index (χ3n) is 5.02. The molecule has 2 aromatic heterocycles. The van der Waals surface area contributed by atoms with E-state index in [-0.39, 0.29) is 5.91 Å². The Hall–Kier alpha value is -2.93. The first-order chi connectivity index (χ1) is 13.6. The summed E-state index contributed by atoms with van der Waals surface area (Å²) in [6.07, 6.45) is 4.55. The van der Waals surface area contributed by atoms with Crippen molar-refractivity contribution in [3.8, 4) is 5.69 Å². The maximum Gasteiger partial charge on any atom is 0.220 e. The fraction of sp³-hybridized carbons (Fsp3) is 0.381. The van der Waals surface area contributed by atoms with Gasteiger partial charge >= 0.3 is 0 Å². The monoisotopic (exact) mass is 378 g/mol. The molecule has 146 valence electrons. The summed E-state index contributed by atoms with van der Waals surface area (Å²) in [5.41, 5.74) is 5.63. The lowest BCUT2D eigenvalue weighted by Crippen LogP contribution is -2.33. The minimum absolute atomic E-state index is 0.0539. The average Bonchev–Trinajstić information content (AvgIpc) is 3.32. The third kappa shape index (κ3) is 4.14. The SMILES string of the molecule is CCC(=O)NCc1cc2n(n1)CCN(Cc1cnn(-c3cccc(C)c3)c1)C2. The van der Waals surface area contributed by atoms with Crippen LogP contribution in [-0.2, 0) is 31.0 Å². The van der Waals surface area contributed by atoms with Gasteiger partial charge in [-0.05, 0) is 30.7 Å². The summed E-state index contributed by atoms with van der Waals surface area (Å²) in [6.45, 7) is 7.96.